The Morgan fingerprint density at radius 2 is 1.88 bits per heavy atom. The molecule has 3 aliphatic rings. The first kappa shape index (κ1) is 13.9. The van der Waals surface area contributed by atoms with Crippen molar-refractivity contribution in [2.24, 2.45) is 5.92 Å². The summed E-state index contributed by atoms with van der Waals surface area (Å²) < 4.78 is 0. The zero-order valence-electron chi connectivity index (χ0n) is 13.3. The first-order valence-electron chi connectivity index (χ1n) is 8.68. The molecule has 0 heterocycles. The van der Waals surface area contributed by atoms with Crippen molar-refractivity contribution in [2.45, 2.75) is 37.3 Å². The van der Waals surface area contributed by atoms with Gasteiger partial charge in [-0.2, -0.15) is 0 Å². The average Bonchev–Trinajstić information content (AvgIpc) is 2.95. The van der Waals surface area contributed by atoms with Crippen LogP contribution in [0.3, 0.4) is 0 Å². The van der Waals surface area contributed by atoms with Crippen molar-refractivity contribution in [1.82, 2.24) is 10.6 Å². The van der Waals surface area contributed by atoms with E-state index in [-0.39, 0.29) is 18.1 Å². The predicted molar refractivity (Wildman–Crippen MR) is 91.0 cm³/mol. The molecule has 0 radical (unpaired) electrons. The highest BCUT2D eigenvalue weighted by Gasteiger charge is 2.56. The molecular weight excluding hydrogens is 300 g/mol. The monoisotopic (exact) mass is 320 g/mol. The molecule has 0 bridgehead atoms. The van der Waals surface area contributed by atoms with Crippen LogP contribution in [-0.2, 0) is 12.8 Å². The fourth-order valence-electron chi connectivity index (χ4n) is 4.68. The Balaban J connectivity index is 1.24. The molecule has 1 saturated carbocycles. The third-order valence-corrected chi connectivity index (χ3v) is 5.89. The number of urea groups is 1. The molecule has 5 rings (SSSR count). The summed E-state index contributed by atoms with van der Waals surface area (Å²) >= 11 is 0. The van der Waals surface area contributed by atoms with Gasteiger partial charge in [0.2, 0.25) is 0 Å². The first-order chi connectivity index (χ1) is 11.7. The van der Waals surface area contributed by atoms with Gasteiger partial charge in [-0.25, -0.2) is 4.79 Å². The Kier molecular flexibility index (Phi) is 2.90. The number of benzene rings is 2. The molecule has 0 spiro atoms. The summed E-state index contributed by atoms with van der Waals surface area (Å²) in [6, 6.07) is 14.3. The zero-order valence-corrected chi connectivity index (χ0v) is 13.3. The maximum atomic E-state index is 12.4. The number of nitrogens with one attached hydrogen (secondary N) is 2. The van der Waals surface area contributed by atoms with Gasteiger partial charge in [0.25, 0.3) is 0 Å². The highest BCUT2D eigenvalue weighted by Crippen LogP contribution is 2.56. The largest absolute Gasteiger partial charge is 0.508 e. The second-order valence-electron chi connectivity index (χ2n) is 7.17. The van der Waals surface area contributed by atoms with E-state index in [1.165, 1.54) is 11.1 Å². The quantitative estimate of drug-likeness (QED) is 0.796. The fourth-order valence-corrected chi connectivity index (χ4v) is 4.68. The van der Waals surface area contributed by atoms with Gasteiger partial charge in [-0.3, -0.25) is 0 Å². The Hall–Kier alpha value is -2.49. The Morgan fingerprint density at radius 3 is 2.79 bits per heavy atom. The predicted octanol–water partition coefficient (Wildman–Crippen LogP) is 3.02. The molecule has 0 aromatic heterocycles. The minimum Gasteiger partial charge on any atom is -0.508 e. The molecule has 4 atom stereocenters. The second kappa shape index (κ2) is 5.00. The molecule has 2 aromatic carbocycles. The van der Waals surface area contributed by atoms with Gasteiger partial charge in [0.15, 0.2) is 0 Å². The maximum absolute atomic E-state index is 12.4. The van der Waals surface area contributed by atoms with Crippen molar-refractivity contribution < 1.29 is 9.90 Å². The van der Waals surface area contributed by atoms with Crippen LogP contribution in [0.5, 0.6) is 5.75 Å². The average molecular weight is 320 g/mol. The van der Waals surface area contributed by atoms with Crippen molar-refractivity contribution >= 4 is 6.03 Å². The maximum Gasteiger partial charge on any atom is 0.315 e. The summed E-state index contributed by atoms with van der Waals surface area (Å²) in [4.78, 5) is 12.4. The lowest BCUT2D eigenvalue weighted by Crippen LogP contribution is -2.39. The molecule has 3 N–H and O–H groups in total. The summed E-state index contributed by atoms with van der Waals surface area (Å²) in [7, 11) is 0. The lowest BCUT2D eigenvalue weighted by molar-refractivity contribution is 0.236. The number of fused-ring (bicyclic) bond motifs is 4. The number of rotatable bonds is 2. The van der Waals surface area contributed by atoms with Gasteiger partial charge in [0.1, 0.15) is 5.75 Å². The summed E-state index contributed by atoms with van der Waals surface area (Å²) in [6.07, 6.45) is 2.74. The lowest BCUT2D eigenvalue weighted by atomic mass is 10.1. The van der Waals surface area contributed by atoms with E-state index in [9.17, 15) is 9.90 Å². The highest BCUT2D eigenvalue weighted by atomic mass is 16.3. The SMILES string of the molecule is O=C(NC1CCc2c(O)cccc21)N[C@@H]1[C@H]2Cc3ccccc3[C@H]21. The summed E-state index contributed by atoms with van der Waals surface area (Å²) in [5.74, 6) is 1.39. The van der Waals surface area contributed by atoms with Gasteiger partial charge >= 0.3 is 6.03 Å². The van der Waals surface area contributed by atoms with Crippen LogP contribution >= 0.6 is 0 Å². The normalized spacial score (nSPS) is 28.7. The molecule has 2 amide bonds. The van der Waals surface area contributed by atoms with Crippen LogP contribution in [0.25, 0.3) is 0 Å². The minimum atomic E-state index is -0.0897. The molecule has 1 unspecified atom stereocenters. The molecule has 24 heavy (non-hydrogen) atoms. The number of hydrogen-bond donors (Lipinski definition) is 3. The molecular formula is C20H20N2O2. The first-order valence-corrected chi connectivity index (χ1v) is 8.68. The van der Waals surface area contributed by atoms with E-state index in [0.717, 1.165) is 30.4 Å². The van der Waals surface area contributed by atoms with Gasteiger partial charge in [0, 0.05) is 12.0 Å². The van der Waals surface area contributed by atoms with Gasteiger partial charge in [-0.1, -0.05) is 36.4 Å². The van der Waals surface area contributed by atoms with Crippen LogP contribution < -0.4 is 10.6 Å². The van der Waals surface area contributed by atoms with E-state index in [0.29, 0.717) is 17.6 Å². The lowest BCUT2D eigenvalue weighted by Gasteiger charge is -2.16. The van der Waals surface area contributed by atoms with Gasteiger partial charge in [-0.05, 0) is 53.5 Å². The summed E-state index contributed by atoms with van der Waals surface area (Å²) in [6.45, 7) is 0. The Labute approximate surface area is 140 Å². The van der Waals surface area contributed by atoms with Gasteiger partial charge in [0.05, 0.1) is 6.04 Å². The number of aromatic hydroxyl groups is 1. The van der Waals surface area contributed by atoms with E-state index < -0.39 is 0 Å². The molecule has 4 nitrogen and oxygen atoms in total. The summed E-state index contributed by atoms with van der Waals surface area (Å²) in [5.41, 5.74) is 4.86. The van der Waals surface area contributed by atoms with Crippen LogP contribution in [0.1, 0.15) is 40.6 Å². The highest BCUT2D eigenvalue weighted by molar-refractivity contribution is 5.76. The molecule has 0 saturated heterocycles. The third kappa shape index (κ3) is 2.02. The second-order valence-corrected chi connectivity index (χ2v) is 7.17. The number of phenols is 1. The molecule has 2 aromatic rings. The van der Waals surface area contributed by atoms with Crippen LogP contribution in [0.4, 0.5) is 4.79 Å². The summed E-state index contributed by atoms with van der Waals surface area (Å²) in [5, 5.41) is 16.2. The number of carbonyl (C=O) groups excluding carboxylic acids is 1. The van der Waals surface area contributed by atoms with Crippen molar-refractivity contribution in [3.05, 3.63) is 64.7 Å². The van der Waals surface area contributed by atoms with Crippen LogP contribution in [0.15, 0.2) is 42.5 Å². The number of carbonyl (C=O) groups is 1. The molecule has 122 valence electrons. The molecule has 1 fully saturated rings. The Morgan fingerprint density at radius 1 is 1.04 bits per heavy atom. The fraction of sp³-hybridized carbons (Fsp3) is 0.350. The standard InChI is InChI=1S/C20H20N2O2/c23-17-7-3-6-13-14(17)8-9-16(13)21-20(24)22-19-15-10-11-4-1-2-5-12(11)18(15)19/h1-7,15-16,18-19,23H,8-10H2,(H2,21,22,24)/t15-,16?,18+,19+/m0/s1. The third-order valence-electron chi connectivity index (χ3n) is 5.89. The molecule has 3 aliphatic carbocycles. The minimum absolute atomic E-state index is 0.00187. The van der Waals surface area contributed by atoms with Gasteiger partial charge in [-0.15, -0.1) is 0 Å². The van der Waals surface area contributed by atoms with Crippen molar-refractivity contribution in [2.75, 3.05) is 0 Å². The smallest absolute Gasteiger partial charge is 0.315 e. The van der Waals surface area contributed by atoms with E-state index in [1.807, 2.05) is 12.1 Å². The van der Waals surface area contributed by atoms with E-state index >= 15 is 0 Å². The topological polar surface area (TPSA) is 61.4 Å². The van der Waals surface area contributed by atoms with Crippen molar-refractivity contribution in [3.8, 4) is 5.75 Å². The zero-order chi connectivity index (χ0) is 16.3. The number of amides is 2. The van der Waals surface area contributed by atoms with E-state index in [1.54, 1.807) is 6.07 Å². The molecule has 0 aliphatic heterocycles. The van der Waals surface area contributed by atoms with E-state index in [4.69, 9.17) is 0 Å². The van der Waals surface area contributed by atoms with Crippen LogP contribution in [0.2, 0.25) is 0 Å². The van der Waals surface area contributed by atoms with Crippen LogP contribution in [0, 0.1) is 5.92 Å². The number of phenolic OH excluding ortho intramolecular Hbond substituents is 1. The van der Waals surface area contributed by atoms with Crippen molar-refractivity contribution in [3.63, 3.8) is 0 Å². The van der Waals surface area contributed by atoms with Gasteiger partial charge < -0.3 is 15.7 Å². The van der Waals surface area contributed by atoms with Crippen LogP contribution in [-0.4, -0.2) is 17.2 Å². The number of hydrogen-bond acceptors (Lipinski definition) is 2. The Bertz CT molecular complexity index is 832. The van der Waals surface area contributed by atoms with Crippen molar-refractivity contribution in [1.29, 1.82) is 0 Å². The van der Waals surface area contributed by atoms with E-state index in [2.05, 4.69) is 34.9 Å². The molecule has 4 heteroatoms.